The molecule has 3 N–H and O–H groups in total. The molecule has 82 valence electrons. The van der Waals surface area contributed by atoms with E-state index in [-0.39, 0.29) is 5.91 Å². The summed E-state index contributed by atoms with van der Waals surface area (Å²) in [4.78, 5) is 16.5. The van der Waals surface area contributed by atoms with Crippen molar-refractivity contribution in [1.82, 2.24) is 4.98 Å². The van der Waals surface area contributed by atoms with E-state index < -0.39 is 0 Å². The van der Waals surface area contributed by atoms with Gasteiger partial charge < -0.3 is 11.1 Å². The molecule has 0 saturated carbocycles. The van der Waals surface area contributed by atoms with E-state index in [1.165, 1.54) is 11.3 Å². The first-order valence-electron chi connectivity index (χ1n) is 4.74. The Kier molecular flexibility index (Phi) is 2.87. The Labute approximate surface area is 97.1 Å². The number of nitrogens with two attached hydrogens (primary N) is 1. The fourth-order valence-corrected chi connectivity index (χ4v) is 2.02. The smallest absolute Gasteiger partial charge is 0.267 e. The molecule has 1 aromatic carbocycles. The normalized spacial score (nSPS) is 10.1. The fourth-order valence-electron chi connectivity index (χ4n) is 1.32. The molecule has 0 aliphatic carbocycles. The first-order valence-corrected chi connectivity index (χ1v) is 5.62. The lowest BCUT2D eigenvalue weighted by molar-refractivity contribution is 0.103. The molecule has 0 radical (unpaired) electrons. The minimum atomic E-state index is -0.148. The minimum absolute atomic E-state index is 0.148. The third-order valence-electron chi connectivity index (χ3n) is 2.10. The number of hydrogen-bond donors (Lipinski definition) is 2. The quantitative estimate of drug-likeness (QED) is 0.782. The SMILES string of the molecule is Cc1ncsc1C(=O)Nc1cccc(N)c1. The number of rotatable bonds is 2. The second kappa shape index (κ2) is 4.32. The van der Waals surface area contributed by atoms with Crippen molar-refractivity contribution in [2.45, 2.75) is 6.92 Å². The van der Waals surface area contributed by atoms with E-state index >= 15 is 0 Å². The molecule has 0 fully saturated rings. The van der Waals surface area contributed by atoms with Gasteiger partial charge in [-0.15, -0.1) is 11.3 Å². The van der Waals surface area contributed by atoms with Crippen LogP contribution in [0.5, 0.6) is 0 Å². The van der Waals surface area contributed by atoms with E-state index in [0.29, 0.717) is 16.3 Å². The molecule has 4 nitrogen and oxygen atoms in total. The maximum atomic E-state index is 11.8. The number of anilines is 2. The van der Waals surface area contributed by atoms with Crippen molar-refractivity contribution in [3.63, 3.8) is 0 Å². The van der Waals surface area contributed by atoms with Gasteiger partial charge in [0.2, 0.25) is 0 Å². The van der Waals surface area contributed by atoms with E-state index in [9.17, 15) is 4.79 Å². The van der Waals surface area contributed by atoms with Crippen LogP contribution in [0.2, 0.25) is 0 Å². The number of nitrogens with zero attached hydrogens (tertiary/aromatic N) is 1. The fraction of sp³-hybridized carbons (Fsp3) is 0.0909. The van der Waals surface area contributed by atoms with Crippen molar-refractivity contribution in [3.05, 3.63) is 40.3 Å². The molecule has 16 heavy (non-hydrogen) atoms. The van der Waals surface area contributed by atoms with Crippen molar-refractivity contribution in [1.29, 1.82) is 0 Å². The number of nitrogens with one attached hydrogen (secondary N) is 1. The van der Waals surface area contributed by atoms with Crippen molar-refractivity contribution in [2.24, 2.45) is 0 Å². The van der Waals surface area contributed by atoms with Crippen LogP contribution in [0.1, 0.15) is 15.4 Å². The Morgan fingerprint density at radius 3 is 2.94 bits per heavy atom. The van der Waals surface area contributed by atoms with E-state index in [0.717, 1.165) is 5.69 Å². The van der Waals surface area contributed by atoms with E-state index in [1.807, 2.05) is 6.92 Å². The van der Waals surface area contributed by atoms with Crippen LogP contribution in [0.4, 0.5) is 11.4 Å². The average molecular weight is 233 g/mol. The van der Waals surface area contributed by atoms with Gasteiger partial charge in [0.25, 0.3) is 5.91 Å². The Morgan fingerprint density at radius 1 is 1.50 bits per heavy atom. The lowest BCUT2D eigenvalue weighted by atomic mass is 10.2. The Balaban J connectivity index is 2.17. The van der Waals surface area contributed by atoms with Crippen LogP contribution in [0.25, 0.3) is 0 Å². The topological polar surface area (TPSA) is 68.0 Å². The number of nitrogen functional groups attached to an aromatic ring is 1. The lowest BCUT2D eigenvalue weighted by Crippen LogP contribution is -2.11. The summed E-state index contributed by atoms with van der Waals surface area (Å²) in [5.41, 5.74) is 9.34. The molecule has 1 amide bonds. The van der Waals surface area contributed by atoms with Crippen molar-refractivity contribution in [2.75, 3.05) is 11.1 Å². The standard InChI is InChI=1S/C11H11N3OS/c1-7-10(16-6-13-7)11(15)14-9-4-2-3-8(12)5-9/h2-6H,12H2,1H3,(H,14,15). The highest BCUT2D eigenvalue weighted by Gasteiger charge is 2.11. The van der Waals surface area contributed by atoms with Crippen molar-refractivity contribution >= 4 is 28.6 Å². The molecule has 1 aromatic heterocycles. The maximum absolute atomic E-state index is 11.8. The minimum Gasteiger partial charge on any atom is -0.399 e. The molecule has 1 heterocycles. The molecule has 5 heteroatoms. The van der Waals surface area contributed by atoms with E-state index in [2.05, 4.69) is 10.3 Å². The molecule has 0 spiro atoms. The van der Waals surface area contributed by atoms with Crippen LogP contribution in [-0.4, -0.2) is 10.9 Å². The molecular formula is C11H11N3OS. The summed E-state index contributed by atoms with van der Waals surface area (Å²) in [5, 5.41) is 2.78. The second-order valence-electron chi connectivity index (χ2n) is 3.35. The molecule has 0 aliphatic heterocycles. The average Bonchev–Trinajstić information content (AvgIpc) is 2.64. The van der Waals surface area contributed by atoms with Crippen LogP contribution >= 0.6 is 11.3 Å². The van der Waals surface area contributed by atoms with Gasteiger partial charge in [0.15, 0.2) is 0 Å². The maximum Gasteiger partial charge on any atom is 0.267 e. The number of benzene rings is 1. The molecule has 0 bridgehead atoms. The molecular weight excluding hydrogens is 222 g/mol. The second-order valence-corrected chi connectivity index (χ2v) is 4.20. The zero-order chi connectivity index (χ0) is 11.5. The number of carbonyl (C=O) groups is 1. The highest BCUT2D eigenvalue weighted by molar-refractivity contribution is 7.12. The molecule has 2 aromatic rings. The number of hydrogen-bond acceptors (Lipinski definition) is 4. The van der Waals surface area contributed by atoms with Gasteiger partial charge in [-0.05, 0) is 25.1 Å². The number of aryl methyl sites for hydroxylation is 1. The lowest BCUT2D eigenvalue weighted by Gasteiger charge is -2.04. The van der Waals surface area contributed by atoms with Gasteiger partial charge in [0.05, 0.1) is 11.2 Å². The Hall–Kier alpha value is -1.88. The molecule has 0 saturated heterocycles. The third kappa shape index (κ3) is 2.20. The number of aromatic nitrogens is 1. The van der Waals surface area contributed by atoms with Crippen LogP contribution < -0.4 is 11.1 Å². The number of amides is 1. The summed E-state index contributed by atoms with van der Waals surface area (Å²) < 4.78 is 0. The zero-order valence-electron chi connectivity index (χ0n) is 8.73. The van der Waals surface area contributed by atoms with Crippen LogP contribution in [0.15, 0.2) is 29.8 Å². The number of carbonyl (C=O) groups excluding carboxylic acids is 1. The van der Waals surface area contributed by atoms with Gasteiger partial charge in [0.1, 0.15) is 4.88 Å². The van der Waals surface area contributed by atoms with Crippen LogP contribution in [0, 0.1) is 6.92 Å². The van der Waals surface area contributed by atoms with Crippen LogP contribution in [0.3, 0.4) is 0 Å². The summed E-state index contributed by atoms with van der Waals surface area (Å²) in [5.74, 6) is -0.148. The third-order valence-corrected chi connectivity index (χ3v) is 3.02. The molecule has 2 rings (SSSR count). The summed E-state index contributed by atoms with van der Waals surface area (Å²) in [7, 11) is 0. The summed E-state index contributed by atoms with van der Waals surface area (Å²) in [6.07, 6.45) is 0. The number of thiazole rings is 1. The van der Waals surface area contributed by atoms with Crippen molar-refractivity contribution in [3.8, 4) is 0 Å². The van der Waals surface area contributed by atoms with Gasteiger partial charge in [0, 0.05) is 11.4 Å². The predicted molar refractivity (Wildman–Crippen MR) is 65.7 cm³/mol. The van der Waals surface area contributed by atoms with E-state index in [4.69, 9.17) is 5.73 Å². The Bertz CT molecular complexity index is 521. The van der Waals surface area contributed by atoms with Crippen molar-refractivity contribution < 1.29 is 4.79 Å². The largest absolute Gasteiger partial charge is 0.399 e. The molecule has 0 atom stereocenters. The van der Waals surface area contributed by atoms with Gasteiger partial charge in [-0.2, -0.15) is 0 Å². The Morgan fingerprint density at radius 2 is 2.31 bits per heavy atom. The van der Waals surface area contributed by atoms with Gasteiger partial charge >= 0.3 is 0 Å². The molecule has 0 aliphatic rings. The molecule has 0 unspecified atom stereocenters. The first-order chi connectivity index (χ1) is 7.66. The summed E-state index contributed by atoms with van der Waals surface area (Å²) in [6.45, 7) is 1.81. The van der Waals surface area contributed by atoms with Gasteiger partial charge in [-0.25, -0.2) is 4.98 Å². The summed E-state index contributed by atoms with van der Waals surface area (Å²) in [6, 6.07) is 7.08. The van der Waals surface area contributed by atoms with E-state index in [1.54, 1.807) is 29.8 Å². The monoisotopic (exact) mass is 233 g/mol. The summed E-state index contributed by atoms with van der Waals surface area (Å²) >= 11 is 1.33. The van der Waals surface area contributed by atoms with Crippen LogP contribution in [-0.2, 0) is 0 Å². The van der Waals surface area contributed by atoms with Gasteiger partial charge in [-0.3, -0.25) is 4.79 Å². The predicted octanol–water partition coefficient (Wildman–Crippen LogP) is 2.29. The highest BCUT2D eigenvalue weighted by atomic mass is 32.1. The zero-order valence-corrected chi connectivity index (χ0v) is 9.54. The first kappa shape index (κ1) is 10.6. The highest BCUT2D eigenvalue weighted by Crippen LogP contribution is 2.16. The van der Waals surface area contributed by atoms with Gasteiger partial charge in [-0.1, -0.05) is 6.07 Å².